The first-order valence-electron chi connectivity index (χ1n) is 8.88. The molecule has 10 heteroatoms. The number of carbonyl (C=O) groups excluding carboxylic acids is 6. The summed E-state index contributed by atoms with van der Waals surface area (Å²) in [4.78, 5) is 72.4. The van der Waals surface area contributed by atoms with Crippen LogP contribution in [0.15, 0.2) is 24.3 Å². The average molecular weight is 406 g/mol. The van der Waals surface area contributed by atoms with Crippen LogP contribution in [-0.2, 0) is 38.2 Å². The summed E-state index contributed by atoms with van der Waals surface area (Å²) < 4.78 is 10.3. The molecule has 29 heavy (non-hydrogen) atoms. The molecule has 4 amide bonds. The summed E-state index contributed by atoms with van der Waals surface area (Å²) in [6.45, 7) is 5.79. The van der Waals surface area contributed by atoms with Gasteiger partial charge in [0.25, 0.3) is 23.6 Å². The van der Waals surface area contributed by atoms with Gasteiger partial charge in [0.1, 0.15) is 12.1 Å². The van der Waals surface area contributed by atoms with E-state index in [0.717, 1.165) is 34.1 Å². The summed E-state index contributed by atoms with van der Waals surface area (Å²) in [6, 6.07) is -2.19. The summed E-state index contributed by atoms with van der Waals surface area (Å²) in [6.07, 6.45) is 4.29. The van der Waals surface area contributed by atoms with Crippen LogP contribution in [0.25, 0.3) is 0 Å². The van der Waals surface area contributed by atoms with Gasteiger partial charge in [-0.2, -0.15) is 0 Å². The van der Waals surface area contributed by atoms with E-state index >= 15 is 0 Å². The van der Waals surface area contributed by atoms with Crippen LogP contribution in [0, 0.1) is 5.41 Å². The number of esters is 2. The zero-order valence-electron chi connectivity index (χ0n) is 16.5. The number of imide groups is 2. The molecule has 2 aliphatic rings. The van der Waals surface area contributed by atoms with Gasteiger partial charge in [-0.05, 0) is 13.8 Å². The molecule has 0 saturated carbocycles. The smallest absolute Gasteiger partial charge is 0.329 e. The van der Waals surface area contributed by atoms with E-state index < -0.39 is 53.1 Å². The lowest BCUT2D eigenvalue weighted by molar-refractivity contribution is -0.164. The van der Waals surface area contributed by atoms with Crippen LogP contribution in [-0.4, -0.2) is 70.7 Å². The Balaban J connectivity index is 1.83. The van der Waals surface area contributed by atoms with E-state index in [4.69, 9.17) is 9.47 Å². The largest absolute Gasteiger partial charge is 0.463 e. The molecule has 2 heterocycles. The zero-order chi connectivity index (χ0) is 21.9. The molecule has 10 nitrogen and oxygen atoms in total. The van der Waals surface area contributed by atoms with Gasteiger partial charge in [-0.15, -0.1) is 0 Å². The predicted octanol–water partition coefficient (Wildman–Crippen LogP) is -0.274. The normalized spacial score (nSPS) is 18.5. The lowest BCUT2D eigenvalue weighted by Crippen LogP contribution is -2.45. The number of nitrogens with zero attached hydrogens (tertiary/aromatic N) is 2. The Labute approximate surface area is 167 Å². The molecule has 0 spiro atoms. The van der Waals surface area contributed by atoms with Crippen LogP contribution in [0.4, 0.5) is 0 Å². The molecule has 2 atom stereocenters. The van der Waals surface area contributed by atoms with Gasteiger partial charge in [-0.25, -0.2) is 9.59 Å². The summed E-state index contributed by atoms with van der Waals surface area (Å²) >= 11 is 0. The van der Waals surface area contributed by atoms with Gasteiger partial charge in [0, 0.05) is 29.7 Å². The first kappa shape index (κ1) is 22.0. The first-order chi connectivity index (χ1) is 13.4. The highest BCUT2D eigenvalue weighted by atomic mass is 16.6. The van der Waals surface area contributed by atoms with E-state index in [2.05, 4.69) is 0 Å². The zero-order valence-corrected chi connectivity index (χ0v) is 16.5. The Morgan fingerprint density at radius 2 is 1.03 bits per heavy atom. The van der Waals surface area contributed by atoms with Gasteiger partial charge in [-0.1, -0.05) is 13.8 Å². The molecule has 0 radical (unpaired) electrons. The summed E-state index contributed by atoms with van der Waals surface area (Å²) in [7, 11) is 0. The second-order valence-corrected chi connectivity index (χ2v) is 7.49. The molecule has 0 N–H and O–H groups in total. The lowest BCUT2D eigenvalue weighted by atomic mass is 9.96. The second-order valence-electron chi connectivity index (χ2n) is 7.49. The Morgan fingerprint density at radius 3 is 1.31 bits per heavy atom. The van der Waals surface area contributed by atoms with Gasteiger partial charge in [-0.3, -0.25) is 29.0 Å². The fraction of sp³-hybridized carbons (Fsp3) is 0.474. The maximum absolute atomic E-state index is 12.2. The van der Waals surface area contributed by atoms with Crippen molar-refractivity contribution < 1.29 is 38.2 Å². The first-order valence-corrected chi connectivity index (χ1v) is 8.88. The van der Waals surface area contributed by atoms with Crippen molar-refractivity contribution >= 4 is 35.6 Å². The van der Waals surface area contributed by atoms with E-state index in [-0.39, 0.29) is 13.2 Å². The van der Waals surface area contributed by atoms with Crippen LogP contribution in [0.1, 0.15) is 27.7 Å². The Kier molecular flexibility index (Phi) is 6.35. The van der Waals surface area contributed by atoms with E-state index in [1.165, 1.54) is 13.8 Å². The third-order valence-electron chi connectivity index (χ3n) is 4.35. The molecule has 0 aromatic carbocycles. The minimum Gasteiger partial charge on any atom is -0.463 e. The minimum atomic E-state index is -1.09. The molecule has 0 bridgehead atoms. The van der Waals surface area contributed by atoms with E-state index in [9.17, 15) is 28.8 Å². The van der Waals surface area contributed by atoms with Crippen molar-refractivity contribution in [3.63, 3.8) is 0 Å². The monoisotopic (exact) mass is 406 g/mol. The van der Waals surface area contributed by atoms with Crippen molar-refractivity contribution in [2.75, 3.05) is 13.2 Å². The molecular formula is C19H22N2O8. The number of carbonyl (C=O) groups is 6. The third kappa shape index (κ3) is 4.95. The molecule has 2 unspecified atom stereocenters. The molecule has 0 aliphatic carbocycles. The Bertz CT molecular complexity index is 724. The number of hydrogen-bond acceptors (Lipinski definition) is 8. The molecule has 156 valence electrons. The highest BCUT2D eigenvalue weighted by Crippen LogP contribution is 2.19. The van der Waals surface area contributed by atoms with E-state index in [1.807, 2.05) is 0 Å². The van der Waals surface area contributed by atoms with Crippen LogP contribution >= 0.6 is 0 Å². The summed E-state index contributed by atoms with van der Waals surface area (Å²) in [5.74, 6) is -3.93. The lowest BCUT2D eigenvalue weighted by Gasteiger charge is -2.27. The SMILES string of the molecule is CC(C(=O)OCC(C)(C)COC(=O)C(C)N1C(=O)C=CC1=O)N1C(=O)C=CC1=O. The molecule has 2 aliphatic heterocycles. The number of rotatable bonds is 8. The molecule has 0 aromatic rings. The highest BCUT2D eigenvalue weighted by molar-refractivity contribution is 6.15. The van der Waals surface area contributed by atoms with Crippen LogP contribution in [0.2, 0.25) is 0 Å². The van der Waals surface area contributed by atoms with Crippen LogP contribution < -0.4 is 0 Å². The van der Waals surface area contributed by atoms with Crippen molar-refractivity contribution in [1.29, 1.82) is 0 Å². The van der Waals surface area contributed by atoms with E-state index in [1.54, 1.807) is 13.8 Å². The molecule has 0 aromatic heterocycles. The number of amides is 4. The maximum atomic E-state index is 12.2. The molecule has 2 rings (SSSR count). The predicted molar refractivity (Wildman–Crippen MR) is 96.6 cm³/mol. The minimum absolute atomic E-state index is 0.148. The second kappa shape index (κ2) is 8.38. The topological polar surface area (TPSA) is 127 Å². The average Bonchev–Trinajstić information content (AvgIpc) is 3.17. The van der Waals surface area contributed by atoms with E-state index in [0.29, 0.717) is 0 Å². The Morgan fingerprint density at radius 1 is 0.759 bits per heavy atom. The van der Waals surface area contributed by atoms with Crippen molar-refractivity contribution in [3.8, 4) is 0 Å². The summed E-state index contributed by atoms with van der Waals surface area (Å²) in [5, 5.41) is 0. The fourth-order valence-electron chi connectivity index (χ4n) is 2.61. The highest BCUT2D eigenvalue weighted by Gasteiger charge is 2.36. The Hall–Kier alpha value is -3.30. The van der Waals surface area contributed by atoms with Gasteiger partial charge in [0.2, 0.25) is 0 Å². The van der Waals surface area contributed by atoms with Gasteiger partial charge >= 0.3 is 11.9 Å². The van der Waals surface area contributed by atoms with Crippen LogP contribution in [0.5, 0.6) is 0 Å². The number of hydrogen-bond donors (Lipinski definition) is 0. The molecular weight excluding hydrogens is 384 g/mol. The quantitative estimate of drug-likeness (QED) is 0.398. The van der Waals surface area contributed by atoms with Gasteiger partial charge < -0.3 is 9.47 Å². The van der Waals surface area contributed by atoms with Crippen LogP contribution in [0.3, 0.4) is 0 Å². The number of ether oxygens (including phenoxy) is 2. The van der Waals surface area contributed by atoms with Crippen molar-refractivity contribution in [2.45, 2.75) is 39.8 Å². The fourth-order valence-corrected chi connectivity index (χ4v) is 2.61. The van der Waals surface area contributed by atoms with Crippen molar-refractivity contribution in [3.05, 3.63) is 24.3 Å². The molecule has 0 saturated heterocycles. The van der Waals surface area contributed by atoms with Crippen molar-refractivity contribution in [2.24, 2.45) is 5.41 Å². The standard InChI is InChI=1S/C19H22N2O8/c1-11(20-13(22)5-6-14(20)23)17(26)28-9-19(3,4)10-29-18(27)12(2)21-15(24)7-8-16(21)25/h5-8,11-12H,9-10H2,1-4H3. The molecule has 0 fully saturated rings. The van der Waals surface area contributed by atoms with Crippen molar-refractivity contribution in [1.82, 2.24) is 9.80 Å². The maximum Gasteiger partial charge on any atom is 0.329 e. The third-order valence-corrected chi connectivity index (χ3v) is 4.35. The van der Waals surface area contributed by atoms with Gasteiger partial charge in [0.15, 0.2) is 0 Å². The summed E-state index contributed by atoms with van der Waals surface area (Å²) in [5.41, 5.74) is -0.792. The van der Waals surface area contributed by atoms with Gasteiger partial charge in [0.05, 0.1) is 13.2 Å².